The zero-order chi connectivity index (χ0) is 19.6. The van der Waals surface area contributed by atoms with E-state index >= 15 is 0 Å². The molecule has 0 unspecified atom stereocenters. The Hall–Kier alpha value is -2.37. The quantitative estimate of drug-likeness (QED) is 0.357. The van der Waals surface area contributed by atoms with Gasteiger partial charge in [-0.1, -0.05) is 72.7 Å². The second-order valence-corrected chi connectivity index (χ2v) is 7.17. The number of benzene rings is 2. The highest BCUT2D eigenvalue weighted by atomic mass is 16.5. The molecule has 2 aromatic rings. The van der Waals surface area contributed by atoms with E-state index in [-0.39, 0.29) is 24.0 Å². The molecule has 0 amide bonds. The first-order chi connectivity index (χ1) is 13.8. The van der Waals surface area contributed by atoms with Gasteiger partial charge >= 0.3 is 0 Å². The molecule has 0 radical (unpaired) electrons. The molecule has 0 bridgehead atoms. The second-order valence-electron chi connectivity index (χ2n) is 7.17. The van der Waals surface area contributed by atoms with Crippen molar-refractivity contribution in [3.8, 4) is 0 Å². The van der Waals surface area contributed by atoms with Gasteiger partial charge in [-0.05, 0) is 16.7 Å². The zero-order valence-electron chi connectivity index (χ0n) is 16.2. The third-order valence-electron chi connectivity index (χ3n) is 5.15. The van der Waals surface area contributed by atoms with Gasteiger partial charge in [0, 0.05) is 23.3 Å². The molecule has 148 valence electrons. The molecule has 3 rings (SSSR count). The van der Waals surface area contributed by atoms with Gasteiger partial charge in [0.1, 0.15) is 0 Å². The first-order valence-corrected chi connectivity index (χ1v) is 9.67. The molecule has 4 atom stereocenters. The molecule has 1 aliphatic rings. The summed E-state index contributed by atoms with van der Waals surface area (Å²) in [5, 5.41) is 3.75. The van der Waals surface area contributed by atoms with E-state index in [2.05, 4.69) is 16.9 Å². The molecular formula is C22H27N3O3. The number of hydrogen-bond donors (Lipinski definition) is 0. The van der Waals surface area contributed by atoms with Crippen LogP contribution in [0.4, 0.5) is 0 Å². The van der Waals surface area contributed by atoms with Crippen LogP contribution in [0.3, 0.4) is 0 Å². The molecule has 1 fully saturated rings. The lowest BCUT2D eigenvalue weighted by Crippen LogP contribution is -2.48. The molecule has 0 spiro atoms. The second kappa shape index (κ2) is 10.8. The van der Waals surface area contributed by atoms with Gasteiger partial charge in [0.25, 0.3) is 0 Å². The van der Waals surface area contributed by atoms with Crippen molar-refractivity contribution in [1.29, 1.82) is 0 Å². The molecule has 1 saturated heterocycles. The van der Waals surface area contributed by atoms with Gasteiger partial charge in [0.2, 0.25) is 0 Å². The number of azide groups is 1. The topological polar surface area (TPSA) is 76.5 Å². The highest BCUT2D eigenvalue weighted by molar-refractivity contribution is 5.14. The van der Waals surface area contributed by atoms with Crippen molar-refractivity contribution in [2.45, 2.75) is 32.3 Å². The number of hydrogen-bond acceptors (Lipinski definition) is 4. The Balaban J connectivity index is 1.58. The van der Waals surface area contributed by atoms with E-state index in [0.717, 1.165) is 11.1 Å². The summed E-state index contributed by atoms with van der Waals surface area (Å²) in [4.78, 5) is 2.90. The van der Waals surface area contributed by atoms with Gasteiger partial charge in [-0.15, -0.1) is 0 Å². The molecule has 6 heteroatoms. The molecule has 0 N–H and O–H groups in total. The van der Waals surface area contributed by atoms with Crippen LogP contribution in [0.2, 0.25) is 0 Å². The first-order valence-electron chi connectivity index (χ1n) is 9.67. The third-order valence-corrected chi connectivity index (χ3v) is 5.15. The Morgan fingerprint density at radius 1 is 1.04 bits per heavy atom. The van der Waals surface area contributed by atoms with Crippen LogP contribution in [0.1, 0.15) is 18.1 Å². The smallest absolute Gasteiger partial charge is 0.0859 e. The zero-order valence-corrected chi connectivity index (χ0v) is 16.2. The van der Waals surface area contributed by atoms with Crippen LogP contribution in [0.5, 0.6) is 0 Å². The summed E-state index contributed by atoms with van der Waals surface area (Å²) < 4.78 is 18.2. The lowest BCUT2D eigenvalue weighted by atomic mass is 9.86. The summed E-state index contributed by atoms with van der Waals surface area (Å²) in [7, 11) is 0. The number of nitrogens with zero attached hydrogens (tertiary/aromatic N) is 3. The fraction of sp³-hybridized carbons (Fsp3) is 0.455. The van der Waals surface area contributed by atoms with Crippen molar-refractivity contribution in [2.24, 2.45) is 17.0 Å². The van der Waals surface area contributed by atoms with Crippen LogP contribution in [0.15, 0.2) is 65.8 Å². The maximum Gasteiger partial charge on any atom is 0.0859 e. The SMILES string of the molecule is C[C@@H]1[C@H](OCc2ccccc2)[C@H](CN=[N+]=[N-])CO[C@@H]1COCc1ccccc1. The van der Waals surface area contributed by atoms with Crippen LogP contribution in [0, 0.1) is 11.8 Å². The summed E-state index contributed by atoms with van der Waals surface area (Å²) in [6.07, 6.45) is -0.100. The summed E-state index contributed by atoms with van der Waals surface area (Å²) in [5.41, 5.74) is 11.0. The van der Waals surface area contributed by atoms with Crippen molar-refractivity contribution < 1.29 is 14.2 Å². The van der Waals surface area contributed by atoms with Gasteiger partial charge in [0.15, 0.2) is 0 Å². The minimum absolute atomic E-state index is 0.0417. The molecule has 2 aromatic carbocycles. The fourth-order valence-corrected chi connectivity index (χ4v) is 3.55. The number of ether oxygens (including phenoxy) is 3. The van der Waals surface area contributed by atoms with Crippen LogP contribution in [-0.4, -0.2) is 32.0 Å². The predicted molar refractivity (Wildman–Crippen MR) is 108 cm³/mol. The third kappa shape index (κ3) is 5.81. The summed E-state index contributed by atoms with van der Waals surface area (Å²) in [5.74, 6) is 0.173. The van der Waals surface area contributed by atoms with E-state index in [9.17, 15) is 0 Å². The highest BCUT2D eigenvalue weighted by Gasteiger charge is 2.38. The van der Waals surface area contributed by atoms with Crippen LogP contribution < -0.4 is 0 Å². The molecule has 0 aliphatic carbocycles. The average molecular weight is 381 g/mol. The van der Waals surface area contributed by atoms with Crippen molar-refractivity contribution in [3.05, 3.63) is 82.2 Å². The fourth-order valence-electron chi connectivity index (χ4n) is 3.55. The number of rotatable bonds is 9. The Morgan fingerprint density at radius 2 is 1.68 bits per heavy atom. The molecule has 1 heterocycles. The molecule has 0 saturated carbocycles. The van der Waals surface area contributed by atoms with Gasteiger partial charge in [0.05, 0.1) is 38.6 Å². The standard InChI is InChI=1S/C22H27N3O3/c1-17-21(16-26-13-18-8-4-2-5-9-18)27-15-20(12-24-25-23)22(17)28-14-19-10-6-3-7-11-19/h2-11,17,20-22H,12-16H2,1H3/t17-,20+,21+,22-/m0/s1. The largest absolute Gasteiger partial charge is 0.375 e. The van der Waals surface area contributed by atoms with Gasteiger partial charge in [-0.25, -0.2) is 0 Å². The first kappa shape index (κ1) is 20.4. The average Bonchev–Trinajstić information content (AvgIpc) is 2.74. The minimum Gasteiger partial charge on any atom is -0.375 e. The Morgan fingerprint density at radius 3 is 2.32 bits per heavy atom. The summed E-state index contributed by atoms with van der Waals surface area (Å²) in [6.45, 7) is 4.59. The molecule has 6 nitrogen and oxygen atoms in total. The monoisotopic (exact) mass is 381 g/mol. The Bertz CT molecular complexity index is 750. The molecule has 1 aliphatic heterocycles. The van der Waals surface area contributed by atoms with Crippen molar-refractivity contribution in [1.82, 2.24) is 0 Å². The molecular weight excluding hydrogens is 354 g/mol. The highest BCUT2D eigenvalue weighted by Crippen LogP contribution is 2.30. The van der Waals surface area contributed by atoms with Crippen molar-refractivity contribution in [3.63, 3.8) is 0 Å². The summed E-state index contributed by atoms with van der Waals surface area (Å²) >= 11 is 0. The lowest BCUT2D eigenvalue weighted by molar-refractivity contribution is -0.165. The maximum atomic E-state index is 8.69. The minimum atomic E-state index is -0.0511. The van der Waals surface area contributed by atoms with Gasteiger partial charge in [-0.2, -0.15) is 0 Å². The van der Waals surface area contributed by atoms with E-state index in [1.165, 1.54) is 0 Å². The normalized spacial score (nSPS) is 24.5. The molecule has 0 aromatic heterocycles. The lowest BCUT2D eigenvalue weighted by Gasteiger charge is -2.40. The summed E-state index contributed by atoms with van der Waals surface area (Å²) in [6, 6.07) is 20.2. The van der Waals surface area contributed by atoms with Crippen molar-refractivity contribution >= 4 is 0 Å². The van der Waals surface area contributed by atoms with Crippen LogP contribution in [0.25, 0.3) is 10.4 Å². The van der Waals surface area contributed by atoms with Crippen LogP contribution in [-0.2, 0) is 27.4 Å². The van der Waals surface area contributed by atoms with E-state index in [1.54, 1.807) is 0 Å². The molecule has 28 heavy (non-hydrogen) atoms. The predicted octanol–water partition coefficient (Wildman–Crippen LogP) is 4.75. The van der Waals surface area contributed by atoms with E-state index < -0.39 is 0 Å². The Labute approximate surface area is 166 Å². The maximum absolute atomic E-state index is 8.69. The van der Waals surface area contributed by atoms with E-state index in [4.69, 9.17) is 19.7 Å². The van der Waals surface area contributed by atoms with Crippen molar-refractivity contribution in [2.75, 3.05) is 19.8 Å². The van der Waals surface area contributed by atoms with Crippen LogP contribution >= 0.6 is 0 Å². The van der Waals surface area contributed by atoms with Gasteiger partial charge < -0.3 is 14.2 Å². The van der Waals surface area contributed by atoms with E-state index in [0.29, 0.717) is 33.0 Å². The van der Waals surface area contributed by atoms with E-state index in [1.807, 2.05) is 60.7 Å². The van der Waals surface area contributed by atoms with Gasteiger partial charge in [-0.3, -0.25) is 0 Å². The Kier molecular flexibility index (Phi) is 7.88.